The van der Waals surface area contributed by atoms with Crippen LogP contribution in [0.5, 0.6) is 0 Å². The van der Waals surface area contributed by atoms with Crippen molar-refractivity contribution in [1.29, 1.82) is 0 Å². The summed E-state index contributed by atoms with van der Waals surface area (Å²) in [5.74, 6) is 0.181. The van der Waals surface area contributed by atoms with Gasteiger partial charge in [-0.1, -0.05) is 24.6 Å². The fourth-order valence-corrected chi connectivity index (χ4v) is 4.95. The lowest BCUT2D eigenvalue weighted by Gasteiger charge is -2.26. The molecule has 1 aromatic heterocycles. The topological polar surface area (TPSA) is 23.6 Å². The molecule has 0 radical (unpaired) electrons. The van der Waals surface area contributed by atoms with Crippen molar-refractivity contribution in [3.63, 3.8) is 0 Å². The van der Waals surface area contributed by atoms with E-state index in [0.29, 0.717) is 0 Å². The molecule has 0 bridgehead atoms. The van der Waals surface area contributed by atoms with Crippen molar-refractivity contribution in [3.05, 3.63) is 57.8 Å². The van der Waals surface area contributed by atoms with Crippen molar-refractivity contribution in [2.75, 3.05) is 19.6 Å². The third kappa shape index (κ3) is 3.80. The van der Waals surface area contributed by atoms with E-state index in [2.05, 4.69) is 39.4 Å². The molecule has 2 aromatic rings. The van der Waals surface area contributed by atoms with Crippen LogP contribution in [0, 0.1) is 0 Å². The molecule has 0 saturated carbocycles. The van der Waals surface area contributed by atoms with Gasteiger partial charge in [0.05, 0.1) is 6.04 Å². The van der Waals surface area contributed by atoms with Gasteiger partial charge in [0.1, 0.15) is 0 Å². The number of hydrogen-bond acceptors (Lipinski definition) is 3. The summed E-state index contributed by atoms with van der Waals surface area (Å²) in [5.41, 5.74) is 2.14. The van der Waals surface area contributed by atoms with Crippen LogP contribution < -0.4 is 0 Å². The summed E-state index contributed by atoms with van der Waals surface area (Å²) in [6.45, 7) is 4.29. The van der Waals surface area contributed by atoms with E-state index in [0.717, 1.165) is 31.5 Å². The summed E-state index contributed by atoms with van der Waals surface area (Å²) in [6.07, 6.45) is 6.18. The molecule has 2 aliphatic rings. The molecule has 0 N–H and O–H groups in total. The van der Waals surface area contributed by atoms with Crippen LogP contribution in [0.3, 0.4) is 0 Å². The fraction of sp³-hybridized carbons (Fsp3) is 0.476. The number of carbonyl (C=O) groups is 1. The number of amides is 1. The molecule has 4 rings (SSSR count). The molecule has 132 valence electrons. The smallest absolute Gasteiger partial charge is 0.254 e. The average molecular weight is 355 g/mol. The first kappa shape index (κ1) is 16.8. The number of benzene rings is 1. The number of piperidine rings is 1. The Bertz CT molecular complexity index is 689. The van der Waals surface area contributed by atoms with Gasteiger partial charge < -0.3 is 4.90 Å². The molecule has 1 amide bonds. The molecule has 1 aromatic carbocycles. The van der Waals surface area contributed by atoms with E-state index in [1.165, 1.54) is 42.8 Å². The van der Waals surface area contributed by atoms with Gasteiger partial charge in [0.25, 0.3) is 5.91 Å². The van der Waals surface area contributed by atoms with Gasteiger partial charge in [-0.3, -0.25) is 9.69 Å². The zero-order valence-electron chi connectivity index (χ0n) is 14.7. The van der Waals surface area contributed by atoms with E-state index in [4.69, 9.17) is 0 Å². The van der Waals surface area contributed by atoms with E-state index in [9.17, 15) is 4.79 Å². The normalized spacial score (nSPS) is 21.6. The third-order valence-corrected chi connectivity index (χ3v) is 6.41. The first-order valence-electron chi connectivity index (χ1n) is 9.47. The molecule has 1 atom stereocenters. The molecule has 0 unspecified atom stereocenters. The zero-order valence-corrected chi connectivity index (χ0v) is 15.5. The van der Waals surface area contributed by atoms with Crippen LogP contribution in [0.4, 0.5) is 0 Å². The summed E-state index contributed by atoms with van der Waals surface area (Å²) in [4.78, 5) is 18.9. The van der Waals surface area contributed by atoms with Crippen molar-refractivity contribution < 1.29 is 4.79 Å². The lowest BCUT2D eigenvalue weighted by molar-refractivity contribution is 0.0738. The molecule has 2 saturated heterocycles. The average Bonchev–Trinajstić information content (AvgIpc) is 3.34. The number of nitrogens with zero attached hydrogens (tertiary/aromatic N) is 2. The highest BCUT2D eigenvalue weighted by Gasteiger charge is 2.31. The Hall–Kier alpha value is -1.65. The van der Waals surface area contributed by atoms with Gasteiger partial charge in [-0.15, -0.1) is 11.3 Å². The van der Waals surface area contributed by atoms with Crippen molar-refractivity contribution in [1.82, 2.24) is 9.80 Å². The van der Waals surface area contributed by atoms with Crippen molar-refractivity contribution in [2.45, 2.75) is 44.7 Å². The van der Waals surface area contributed by atoms with E-state index < -0.39 is 0 Å². The SMILES string of the molecule is O=C(c1ccc(CN2CCCCC2)cc1)N1CCC[C@@H]1c1cccs1. The second-order valence-electron chi connectivity index (χ2n) is 7.21. The summed E-state index contributed by atoms with van der Waals surface area (Å²) in [6, 6.07) is 12.8. The maximum Gasteiger partial charge on any atom is 0.254 e. The lowest BCUT2D eigenvalue weighted by Crippen LogP contribution is -2.30. The quantitative estimate of drug-likeness (QED) is 0.794. The standard InChI is InChI=1S/C21H26N2OS/c24-21(23-14-4-6-19(23)20-7-5-15-25-20)18-10-8-17(9-11-18)16-22-12-2-1-3-13-22/h5,7-11,15,19H,1-4,6,12-14,16H2/t19-/m1/s1. The number of carbonyl (C=O) groups excluding carboxylic acids is 1. The molecule has 0 spiro atoms. The highest BCUT2D eigenvalue weighted by Crippen LogP contribution is 2.35. The molecule has 2 aliphatic heterocycles. The van der Waals surface area contributed by atoms with Crippen molar-refractivity contribution in [3.8, 4) is 0 Å². The summed E-state index contributed by atoms with van der Waals surface area (Å²) in [5, 5.41) is 2.10. The maximum absolute atomic E-state index is 13.0. The van der Waals surface area contributed by atoms with Crippen molar-refractivity contribution >= 4 is 17.2 Å². The van der Waals surface area contributed by atoms with Crippen LogP contribution in [0.1, 0.15) is 58.9 Å². The van der Waals surface area contributed by atoms with Crippen LogP contribution in [-0.2, 0) is 6.54 Å². The Morgan fingerprint density at radius 1 is 1.00 bits per heavy atom. The first-order valence-corrected chi connectivity index (χ1v) is 10.3. The molecule has 2 fully saturated rings. The second kappa shape index (κ2) is 7.71. The van der Waals surface area contributed by atoms with Gasteiger partial charge in [0.15, 0.2) is 0 Å². The molecular formula is C21H26N2OS. The van der Waals surface area contributed by atoms with Crippen LogP contribution >= 0.6 is 11.3 Å². The summed E-state index contributed by atoms with van der Waals surface area (Å²) >= 11 is 1.76. The molecule has 3 heterocycles. The Labute approximate surface area is 154 Å². The number of rotatable bonds is 4. The third-order valence-electron chi connectivity index (χ3n) is 5.44. The van der Waals surface area contributed by atoms with E-state index in [1.54, 1.807) is 11.3 Å². The predicted octanol–water partition coefficient (Wildman–Crippen LogP) is 4.71. The maximum atomic E-state index is 13.0. The number of likely N-dealkylation sites (tertiary alicyclic amines) is 2. The Kier molecular flexibility index (Phi) is 5.18. The highest BCUT2D eigenvalue weighted by atomic mass is 32.1. The Balaban J connectivity index is 1.43. The van der Waals surface area contributed by atoms with Gasteiger partial charge in [-0.2, -0.15) is 0 Å². The number of thiophene rings is 1. The molecule has 3 nitrogen and oxygen atoms in total. The minimum Gasteiger partial charge on any atom is -0.331 e. The molecular weight excluding hydrogens is 328 g/mol. The Morgan fingerprint density at radius 3 is 2.52 bits per heavy atom. The fourth-order valence-electron chi connectivity index (χ4n) is 4.08. The summed E-state index contributed by atoms with van der Waals surface area (Å²) in [7, 11) is 0. The highest BCUT2D eigenvalue weighted by molar-refractivity contribution is 7.10. The van der Waals surface area contributed by atoms with Crippen molar-refractivity contribution in [2.24, 2.45) is 0 Å². The summed E-state index contributed by atoms with van der Waals surface area (Å²) < 4.78 is 0. The second-order valence-corrected chi connectivity index (χ2v) is 8.18. The number of hydrogen-bond donors (Lipinski definition) is 0. The molecule has 4 heteroatoms. The minimum absolute atomic E-state index is 0.181. The van der Waals surface area contributed by atoms with E-state index >= 15 is 0 Å². The van der Waals surface area contributed by atoms with Crippen LogP contribution in [0.2, 0.25) is 0 Å². The van der Waals surface area contributed by atoms with Crippen LogP contribution in [0.25, 0.3) is 0 Å². The monoisotopic (exact) mass is 354 g/mol. The largest absolute Gasteiger partial charge is 0.331 e. The predicted molar refractivity (Wildman–Crippen MR) is 103 cm³/mol. The zero-order chi connectivity index (χ0) is 17.1. The lowest BCUT2D eigenvalue weighted by atomic mass is 10.1. The van der Waals surface area contributed by atoms with E-state index in [1.807, 2.05) is 12.1 Å². The molecule has 0 aliphatic carbocycles. The van der Waals surface area contributed by atoms with Gasteiger partial charge in [-0.05, 0) is 67.9 Å². The van der Waals surface area contributed by atoms with Crippen LogP contribution in [-0.4, -0.2) is 35.3 Å². The van der Waals surface area contributed by atoms with Gasteiger partial charge in [0, 0.05) is 23.5 Å². The first-order chi connectivity index (χ1) is 12.3. The van der Waals surface area contributed by atoms with E-state index in [-0.39, 0.29) is 11.9 Å². The van der Waals surface area contributed by atoms with Gasteiger partial charge in [-0.25, -0.2) is 0 Å². The van der Waals surface area contributed by atoms with Crippen LogP contribution in [0.15, 0.2) is 41.8 Å². The Morgan fingerprint density at radius 2 is 1.80 bits per heavy atom. The molecule has 25 heavy (non-hydrogen) atoms. The van der Waals surface area contributed by atoms with Gasteiger partial charge >= 0.3 is 0 Å². The van der Waals surface area contributed by atoms with Gasteiger partial charge in [0.2, 0.25) is 0 Å². The minimum atomic E-state index is 0.181.